The third-order valence-electron chi connectivity index (χ3n) is 6.79. The third-order valence-corrected chi connectivity index (χ3v) is 6.79. The van der Waals surface area contributed by atoms with Gasteiger partial charge in [0.25, 0.3) is 5.91 Å². The minimum Gasteiger partial charge on any atom is -0.507 e. The lowest BCUT2D eigenvalue weighted by atomic mass is 10.1. The van der Waals surface area contributed by atoms with Crippen LogP contribution in [0.4, 0.5) is 10.2 Å². The van der Waals surface area contributed by atoms with Gasteiger partial charge in [-0.2, -0.15) is 0 Å². The molecular formula is C32H23FN6O3. The van der Waals surface area contributed by atoms with Gasteiger partial charge in [0.2, 0.25) is 0 Å². The van der Waals surface area contributed by atoms with Crippen molar-refractivity contribution in [3.05, 3.63) is 120 Å². The maximum absolute atomic E-state index is 14.3. The van der Waals surface area contributed by atoms with E-state index in [4.69, 9.17) is 15.7 Å². The average Bonchev–Trinajstić information content (AvgIpc) is 3.39. The van der Waals surface area contributed by atoms with Crippen molar-refractivity contribution in [2.75, 3.05) is 5.73 Å². The van der Waals surface area contributed by atoms with Crippen LogP contribution >= 0.6 is 0 Å². The molecule has 0 spiro atoms. The highest BCUT2D eigenvalue weighted by atomic mass is 19.1. The topological polar surface area (TPSA) is 136 Å². The van der Waals surface area contributed by atoms with Crippen LogP contribution in [0.15, 0.2) is 97.2 Å². The summed E-state index contributed by atoms with van der Waals surface area (Å²) >= 11 is 0. The molecule has 9 nitrogen and oxygen atoms in total. The monoisotopic (exact) mass is 558 g/mol. The fraction of sp³-hybridized carbons (Fsp3) is 0.0312. The van der Waals surface area contributed by atoms with Crippen LogP contribution in [0.2, 0.25) is 0 Å². The Labute approximate surface area is 239 Å². The number of phenols is 1. The van der Waals surface area contributed by atoms with Crippen molar-refractivity contribution in [2.45, 2.75) is 6.54 Å². The molecule has 0 atom stereocenters. The number of fused-ring (bicyclic) bond motifs is 1. The predicted octanol–water partition coefficient (Wildman–Crippen LogP) is 5.32. The zero-order valence-electron chi connectivity index (χ0n) is 22.0. The molecule has 42 heavy (non-hydrogen) atoms. The van der Waals surface area contributed by atoms with Crippen LogP contribution in [0.1, 0.15) is 26.3 Å². The summed E-state index contributed by atoms with van der Waals surface area (Å²) in [5.74, 6) is -1.27. The fourth-order valence-electron chi connectivity index (χ4n) is 4.65. The zero-order chi connectivity index (χ0) is 29.2. The highest BCUT2D eigenvalue weighted by molar-refractivity contribution is 5.96. The number of phenolic OH excluding ortho intramolecular Hbond substituents is 1. The number of halogens is 1. The molecule has 10 heteroatoms. The van der Waals surface area contributed by atoms with E-state index in [1.807, 2.05) is 77.4 Å². The van der Waals surface area contributed by atoms with E-state index in [1.165, 1.54) is 0 Å². The fourth-order valence-corrected chi connectivity index (χ4v) is 4.65. The normalized spacial score (nSPS) is 11.0. The Hall–Kier alpha value is -5.90. The first-order valence-electron chi connectivity index (χ1n) is 12.9. The molecule has 0 bridgehead atoms. The Morgan fingerprint density at radius 2 is 1.76 bits per heavy atom. The summed E-state index contributed by atoms with van der Waals surface area (Å²) in [6.45, 7) is 0.0966. The van der Waals surface area contributed by atoms with Crippen molar-refractivity contribution < 1.29 is 19.1 Å². The molecule has 3 heterocycles. The number of hydrogen-bond donors (Lipinski definition) is 3. The molecule has 206 valence electrons. The second-order valence-electron chi connectivity index (χ2n) is 9.47. The van der Waals surface area contributed by atoms with Gasteiger partial charge < -0.3 is 16.2 Å². The minimum absolute atomic E-state index is 0.0966. The lowest BCUT2D eigenvalue weighted by molar-refractivity contribution is 0.0947. The van der Waals surface area contributed by atoms with Gasteiger partial charge in [0, 0.05) is 30.1 Å². The number of aromatic hydroxyl groups is 1. The van der Waals surface area contributed by atoms with E-state index >= 15 is 0 Å². The van der Waals surface area contributed by atoms with Gasteiger partial charge in [0.1, 0.15) is 22.9 Å². The number of benzene rings is 3. The molecule has 3 aromatic heterocycles. The van der Waals surface area contributed by atoms with Gasteiger partial charge in [-0.05, 0) is 48.0 Å². The summed E-state index contributed by atoms with van der Waals surface area (Å²) in [6.07, 6.45) is 1.97. The largest absolute Gasteiger partial charge is 0.507 e. The van der Waals surface area contributed by atoms with E-state index in [9.17, 15) is 19.1 Å². The summed E-state index contributed by atoms with van der Waals surface area (Å²) < 4.78 is 16.2. The number of aldehydes is 1. The molecule has 0 aliphatic heterocycles. The number of rotatable bonds is 7. The molecule has 0 aliphatic carbocycles. The lowest BCUT2D eigenvalue weighted by Gasteiger charge is -2.12. The Morgan fingerprint density at radius 3 is 2.50 bits per heavy atom. The SMILES string of the molecule is Nc1ncccc1-c1nc2ccc(-c3ccccc3)nc2n1-c1ccc(CNC(=O)c2cc(C=O)c(O)cc2F)cc1. The van der Waals surface area contributed by atoms with Crippen LogP contribution in [0, 0.1) is 5.82 Å². The van der Waals surface area contributed by atoms with Gasteiger partial charge >= 0.3 is 0 Å². The number of carbonyl (C=O) groups excluding carboxylic acids is 2. The first kappa shape index (κ1) is 26.3. The number of aromatic nitrogens is 4. The Morgan fingerprint density at radius 1 is 0.976 bits per heavy atom. The smallest absolute Gasteiger partial charge is 0.254 e. The van der Waals surface area contributed by atoms with Crippen molar-refractivity contribution in [3.63, 3.8) is 0 Å². The summed E-state index contributed by atoms with van der Waals surface area (Å²) in [5, 5.41) is 12.3. The number of carbonyl (C=O) groups is 2. The Kier molecular flexibility index (Phi) is 6.85. The van der Waals surface area contributed by atoms with E-state index in [0.717, 1.165) is 34.6 Å². The molecule has 0 unspecified atom stereocenters. The van der Waals surface area contributed by atoms with Crippen LogP contribution < -0.4 is 11.1 Å². The van der Waals surface area contributed by atoms with Crippen LogP contribution in [0.25, 0.3) is 39.5 Å². The zero-order valence-corrected chi connectivity index (χ0v) is 22.0. The van der Waals surface area contributed by atoms with Crippen LogP contribution in [0.3, 0.4) is 0 Å². The van der Waals surface area contributed by atoms with E-state index in [1.54, 1.807) is 12.3 Å². The highest BCUT2D eigenvalue weighted by Crippen LogP contribution is 2.32. The Balaban J connectivity index is 1.35. The number of amides is 1. The molecule has 6 rings (SSSR count). The van der Waals surface area contributed by atoms with Gasteiger partial charge in [-0.1, -0.05) is 42.5 Å². The van der Waals surface area contributed by atoms with E-state index in [-0.39, 0.29) is 17.7 Å². The number of hydrogen-bond acceptors (Lipinski definition) is 7. The number of nitrogens with two attached hydrogens (primary N) is 1. The first-order chi connectivity index (χ1) is 20.4. The van der Waals surface area contributed by atoms with E-state index < -0.39 is 17.5 Å². The van der Waals surface area contributed by atoms with Gasteiger partial charge in [0.15, 0.2) is 17.8 Å². The van der Waals surface area contributed by atoms with Gasteiger partial charge in [0.05, 0.1) is 22.4 Å². The quantitative estimate of drug-likeness (QED) is 0.226. The van der Waals surface area contributed by atoms with Crippen LogP contribution in [-0.4, -0.2) is 36.8 Å². The lowest BCUT2D eigenvalue weighted by Crippen LogP contribution is -2.24. The third kappa shape index (κ3) is 4.92. The molecule has 6 aromatic rings. The second-order valence-corrected chi connectivity index (χ2v) is 9.47. The van der Waals surface area contributed by atoms with Crippen LogP contribution in [-0.2, 0) is 6.54 Å². The first-order valence-corrected chi connectivity index (χ1v) is 12.9. The van der Waals surface area contributed by atoms with E-state index in [0.29, 0.717) is 34.7 Å². The number of anilines is 1. The van der Waals surface area contributed by atoms with E-state index in [2.05, 4.69) is 10.3 Å². The summed E-state index contributed by atoms with van der Waals surface area (Å²) in [4.78, 5) is 37.7. The molecule has 0 saturated carbocycles. The number of nitrogens with one attached hydrogen (secondary N) is 1. The highest BCUT2D eigenvalue weighted by Gasteiger charge is 2.19. The van der Waals surface area contributed by atoms with Gasteiger partial charge in [-0.25, -0.2) is 19.3 Å². The van der Waals surface area contributed by atoms with Crippen molar-refractivity contribution in [1.29, 1.82) is 0 Å². The van der Waals surface area contributed by atoms with Gasteiger partial charge in [-0.15, -0.1) is 0 Å². The maximum atomic E-state index is 14.3. The van der Waals surface area contributed by atoms with Crippen molar-refractivity contribution in [3.8, 4) is 34.1 Å². The maximum Gasteiger partial charge on any atom is 0.254 e. The van der Waals surface area contributed by atoms with Crippen LogP contribution in [0.5, 0.6) is 5.75 Å². The molecule has 0 fully saturated rings. The molecule has 4 N–H and O–H groups in total. The molecule has 0 radical (unpaired) electrons. The number of imidazole rings is 1. The summed E-state index contributed by atoms with van der Waals surface area (Å²) in [7, 11) is 0. The summed E-state index contributed by atoms with van der Waals surface area (Å²) in [6, 6.07) is 26.4. The number of nitrogen functional groups attached to an aromatic ring is 1. The standard InChI is InChI=1S/C32H23FN6O3/c33-25-16-28(41)21(18-40)15-24(25)32(42)36-17-19-8-10-22(11-9-19)39-30(23-7-4-14-35-29(23)34)38-27-13-12-26(37-31(27)39)20-5-2-1-3-6-20/h1-16,18,41H,17H2,(H2,34,35)(H,36,42). The van der Waals surface area contributed by atoms with Crippen molar-refractivity contribution >= 4 is 29.2 Å². The molecule has 0 saturated heterocycles. The molecule has 3 aromatic carbocycles. The number of pyridine rings is 2. The summed E-state index contributed by atoms with van der Waals surface area (Å²) in [5.41, 5.74) is 10.9. The number of nitrogens with zero attached hydrogens (tertiary/aromatic N) is 4. The van der Waals surface area contributed by atoms with Crippen molar-refractivity contribution in [2.24, 2.45) is 0 Å². The molecule has 0 aliphatic rings. The van der Waals surface area contributed by atoms with Gasteiger partial charge in [-0.3, -0.25) is 14.2 Å². The predicted molar refractivity (Wildman–Crippen MR) is 157 cm³/mol. The minimum atomic E-state index is -0.928. The average molecular weight is 559 g/mol. The molecular weight excluding hydrogens is 535 g/mol. The Bertz CT molecular complexity index is 1960. The molecule has 1 amide bonds. The second kappa shape index (κ2) is 10.9. The van der Waals surface area contributed by atoms with Crippen molar-refractivity contribution in [1.82, 2.24) is 24.8 Å².